The summed E-state index contributed by atoms with van der Waals surface area (Å²) in [6, 6.07) is 18.3. The second-order valence-electron chi connectivity index (χ2n) is 11.1. The number of rotatable bonds is 12. The van der Waals surface area contributed by atoms with Gasteiger partial charge in [-0.2, -0.15) is 0 Å². The molecule has 43 heavy (non-hydrogen) atoms. The van der Waals surface area contributed by atoms with Crippen molar-refractivity contribution in [1.29, 1.82) is 0 Å². The molecule has 1 fully saturated rings. The normalized spacial score (nSPS) is 15.8. The number of pyridine rings is 1. The molecule has 0 aliphatic carbocycles. The molecule has 0 bridgehead atoms. The van der Waals surface area contributed by atoms with E-state index in [4.69, 9.17) is 4.74 Å². The van der Waals surface area contributed by atoms with E-state index in [1.165, 1.54) is 6.92 Å². The predicted molar refractivity (Wildman–Crippen MR) is 162 cm³/mol. The van der Waals surface area contributed by atoms with Crippen LogP contribution in [0.5, 0.6) is 5.75 Å². The first-order valence-electron chi connectivity index (χ1n) is 14.5. The first kappa shape index (κ1) is 29.8. The number of carbonyl (C=O) groups excluding carboxylic acids is 4. The largest absolute Gasteiger partial charge is 0.489 e. The second kappa shape index (κ2) is 13.1. The summed E-state index contributed by atoms with van der Waals surface area (Å²) in [5.41, 5.74) is 3.78. The van der Waals surface area contributed by atoms with Gasteiger partial charge >= 0.3 is 0 Å². The van der Waals surface area contributed by atoms with Crippen molar-refractivity contribution in [3.8, 4) is 5.75 Å². The van der Waals surface area contributed by atoms with Crippen molar-refractivity contribution in [2.45, 2.75) is 52.4 Å². The van der Waals surface area contributed by atoms with Crippen molar-refractivity contribution in [2.24, 2.45) is 0 Å². The monoisotopic (exact) mass is 580 g/mol. The predicted octanol–water partition coefficient (Wildman–Crippen LogP) is 4.35. The molecule has 9 nitrogen and oxygen atoms in total. The number of amides is 2. The molecule has 0 spiro atoms. The first-order valence-corrected chi connectivity index (χ1v) is 14.5. The molecule has 1 unspecified atom stereocenters. The Morgan fingerprint density at radius 3 is 2.40 bits per heavy atom. The molecule has 0 N–H and O–H groups in total. The van der Waals surface area contributed by atoms with E-state index in [2.05, 4.69) is 16.5 Å². The SMILES string of the molecule is C=C(C)C(=O)CCC(C(C)=O)N1Cc2c(OCc3ccc(CN4CCN(c5ccccn5)C(=O)C4)cc3)cccc2C1=O. The van der Waals surface area contributed by atoms with E-state index in [0.29, 0.717) is 48.9 Å². The minimum atomic E-state index is -0.683. The summed E-state index contributed by atoms with van der Waals surface area (Å²) < 4.78 is 6.16. The van der Waals surface area contributed by atoms with Crippen molar-refractivity contribution in [2.75, 3.05) is 24.5 Å². The lowest BCUT2D eigenvalue weighted by Gasteiger charge is -2.33. The average Bonchev–Trinajstić information content (AvgIpc) is 3.33. The summed E-state index contributed by atoms with van der Waals surface area (Å²) in [6.45, 7) is 9.71. The van der Waals surface area contributed by atoms with Crippen LogP contribution in [0.2, 0.25) is 0 Å². The topological polar surface area (TPSA) is 100 Å². The molecule has 222 valence electrons. The van der Waals surface area contributed by atoms with Gasteiger partial charge < -0.3 is 9.64 Å². The van der Waals surface area contributed by atoms with Crippen LogP contribution in [0, 0.1) is 0 Å². The highest BCUT2D eigenvalue weighted by Crippen LogP contribution is 2.33. The lowest BCUT2D eigenvalue weighted by atomic mass is 10.0. The summed E-state index contributed by atoms with van der Waals surface area (Å²) in [5, 5.41) is 0. The van der Waals surface area contributed by atoms with Crippen LogP contribution in [0.25, 0.3) is 0 Å². The van der Waals surface area contributed by atoms with E-state index >= 15 is 0 Å². The molecule has 5 rings (SSSR count). The van der Waals surface area contributed by atoms with Gasteiger partial charge in [-0.25, -0.2) is 4.98 Å². The van der Waals surface area contributed by atoms with Gasteiger partial charge in [0.2, 0.25) is 5.91 Å². The number of carbonyl (C=O) groups is 4. The van der Waals surface area contributed by atoms with Gasteiger partial charge in [-0.15, -0.1) is 0 Å². The van der Waals surface area contributed by atoms with Gasteiger partial charge in [0.1, 0.15) is 18.2 Å². The van der Waals surface area contributed by atoms with Gasteiger partial charge in [-0.3, -0.25) is 29.0 Å². The minimum Gasteiger partial charge on any atom is -0.489 e. The first-order chi connectivity index (χ1) is 20.7. The highest BCUT2D eigenvalue weighted by molar-refractivity contribution is 6.02. The summed E-state index contributed by atoms with van der Waals surface area (Å²) in [4.78, 5) is 60.2. The number of Topliss-reactive ketones (excluding diaryl/α,β-unsaturated/α-hetero) is 2. The molecule has 2 amide bonds. The Morgan fingerprint density at radius 1 is 0.953 bits per heavy atom. The Hall–Kier alpha value is -4.63. The number of anilines is 1. The van der Waals surface area contributed by atoms with E-state index in [-0.39, 0.29) is 42.8 Å². The lowest BCUT2D eigenvalue weighted by Crippen LogP contribution is -2.50. The highest BCUT2D eigenvalue weighted by Gasteiger charge is 2.36. The van der Waals surface area contributed by atoms with Gasteiger partial charge in [-0.1, -0.05) is 43.0 Å². The number of ether oxygens (including phenoxy) is 1. The summed E-state index contributed by atoms with van der Waals surface area (Å²) >= 11 is 0. The van der Waals surface area contributed by atoms with Crippen LogP contribution in [-0.4, -0.2) is 63.8 Å². The molecule has 1 atom stereocenters. The molecule has 2 aliphatic rings. The molecule has 1 aromatic heterocycles. The third-order valence-corrected chi connectivity index (χ3v) is 7.97. The smallest absolute Gasteiger partial charge is 0.255 e. The van der Waals surface area contributed by atoms with Crippen LogP contribution >= 0.6 is 0 Å². The maximum atomic E-state index is 13.2. The number of benzene rings is 2. The van der Waals surface area contributed by atoms with Crippen LogP contribution in [0.4, 0.5) is 5.82 Å². The van der Waals surface area contributed by atoms with Crippen molar-refractivity contribution < 1.29 is 23.9 Å². The van der Waals surface area contributed by atoms with E-state index in [9.17, 15) is 19.2 Å². The van der Waals surface area contributed by atoms with Gasteiger partial charge in [0.25, 0.3) is 5.91 Å². The maximum absolute atomic E-state index is 13.2. The molecule has 3 heterocycles. The zero-order valence-corrected chi connectivity index (χ0v) is 24.6. The van der Waals surface area contributed by atoms with Gasteiger partial charge in [-0.05, 0) is 61.2 Å². The molecule has 0 saturated carbocycles. The van der Waals surface area contributed by atoms with E-state index in [1.54, 1.807) is 35.1 Å². The number of hydrogen-bond acceptors (Lipinski definition) is 7. The molecule has 0 radical (unpaired) electrons. The standard InChI is InChI=1S/C34H36N4O5/c1-23(2)30(40)15-14-29(24(3)39)38-20-28-27(34(38)42)7-6-8-31(28)43-22-26-12-10-25(11-13-26)19-36-17-18-37(33(41)21-36)32-9-4-5-16-35-32/h4-13,16,29H,1,14-15,17-22H2,2-3H3. The Labute approximate surface area is 251 Å². The van der Waals surface area contributed by atoms with Crippen LogP contribution in [0.15, 0.2) is 79.0 Å². The van der Waals surface area contributed by atoms with Crippen molar-refractivity contribution in [3.63, 3.8) is 0 Å². The highest BCUT2D eigenvalue weighted by atomic mass is 16.5. The fourth-order valence-corrected chi connectivity index (χ4v) is 5.55. The van der Waals surface area contributed by atoms with E-state index in [1.807, 2.05) is 48.5 Å². The minimum absolute atomic E-state index is 0.0392. The third kappa shape index (κ3) is 6.89. The molecule has 9 heteroatoms. The number of allylic oxidation sites excluding steroid dienone is 1. The fourth-order valence-electron chi connectivity index (χ4n) is 5.55. The summed E-state index contributed by atoms with van der Waals surface area (Å²) in [5.74, 6) is 0.831. The number of piperazine rings is 1. The van der Waals surface area contributed by atoms with Crippen molar-refractivity contribution in [3.05, 3.63) is 101 Å². The molecular formula is C34H36N4O5. The molecule has 2 aromatic carbocycles. The number of aromatic nitrogens is 1. The quantitative estimate of drug-likeness (QED) is 0.294. The van der Waals surface area contributed by atoms with Crippen molar-refractivity contribution in [1.82, 2.24) is 14.8 Å². The van der Waals surface area contributed by atoms with Gasteiger partial charge in [0.05, 0.1) is 19.1 Å². The van der Waals surface area contributed by atoms with Crippen LogP contribution in [0.1, 0.15) is 53.7 Å². The third-order valence-electron chi connectivity index (χ3n) is 7.97. The number of fused-ring (bicyclic) bond motifs is 1. The van der Waals surface area contributed by atoms with Crippen LogP contribution in [-0.2, 0) is 34.1 Å². The molecular weight excluding hydrogens is 544 g/mol. The lowest BCUT2D eigenvalue weighted by molar-refractivity contribution is -0.122. The zero-order chi connectivity index (χ0) is 30.5. The zero-order valence-electron chi connectivity index (χ0n) is 24.6. The average molecular weight is 581 g/mol. The second-order valence-corrected chi connectivity index (χ2v) is 11.1. The Bertz CT molecular complexity index is 1540. The van der Waals surface area contributed by atoms with Gasteiger partial charge in [0.15, 0.2) is 11.6 Å². The van der Waals surface area contributed by atoms with Crippen LogP contribution in [0.3, 0.4) is 0 Å². The fraction of sp³-hybridized carbons (Fsp3) is 0.324. The Morgan fingerprint density at radius 2 is 1.72 bits per heavy atom. The van der Waals surface area contributed by atoms with E-state index < -0.39 is 6.04 Å². The molecule has 2 aliphatic heterocycles. The molecule has 1 saturated heterocycles. The summed E-state index contributed by atoms with van der Waals surface area (Å²) in [7, 11) is 0. The summed E-state index contributed by atoms with van der Waals surface area (Å²) in [6.07, 6.45) is 2.12. The Balaban J connectivity index is 1.17. The Kier molecular flexibility index (Phi) is 9.11. The number of hydrogen-bond donors (Lipinski definition) is 0. The van der Waals surface area contributed by atoms with Crippen LogP contribution < -0.4 is 9.64 Å². The van der Waals surface area contributed by atoms with E-state index in [0.717, 1.165) is 23.2 Å². The van der Waals surface area contributed by atoms with Gasteiger partial charge in [0, 0.05) is 43.4 Å². The maximum Gasteiger partial charge on any atom is 0.255 e. The number of nitrogens with zero attached hydrogens (tertiary/aromatic N) is 4. The number of ketones is 2. The molecule has 3 aromatic rings. The van der Waals surface area contributed by atoms with Crippen molar-refractivity contribution >= 4 is 29.2 Å².